The van der Waals surface area contributed by atoms with Crippen LogP contribution in [-0.4, -0.2) is 9.97 Å². The molecule has 94 valence electrons. The quantitative estimate of drug-likeness (QED) is 0.778. The van der Waals surface area contributed by atoms with Gasteiger partial charge in [-0.05, 0) is 37.1 Å². The minimum atomic E-state index is 0.492. The second-order valence-electron chi connectivity index (χ2n) is 4.16. The molecule has 18 heavy (non-hydrogen) atoms. The first-order valence-electron chi connectivity index (χ1n) is 6.36. The van der Waals surface area contributed by atoms with E-state index in [1.165, 1.54) is 0 Å². The van der Waals surface area contributed by atoms with E-state index in [9.17, 15) is 0 Å². The van der Waals surface area contributed by atoms with E-state index >= 15 is 0 Å². The Morgan fingerprint density at radius 3 is 2.72 bits per heavy atom. The highest BCUT2D eigenvalue weighted by Crippen LogP contribution is 2.18. The molecule has 2 aromatic heterocycles. The summed E-state index contributed by atoms with van der Waals surface area (Å²) in [4.78, 5) is 8.62. The molecule has 2 aromatic rings. The van der Waals surface area contributed by atoms with Crippen molar-refractivity contribution in [2.45, 2.75) is 32.8 Å². The Bertz CT molecular complexity index is 471. The van der Waals surface area contributed by atoms with Crippen molar-refractivity contribution in [3.05, 3.63) is 54.1 Å². The zero-order valence-corrected chi connectivity index (χ0v) is 10.7. The molecule has 3 heteroatoms. The van der Waals surface area contributed by atoms with E-state index in [4.69, 9.17) is 4.74 Å². The Hall–Kier alpha value is -1.90. The van der Waals surface area contributed by atoms with E-state index in [0.29, 0.717) is 6.61 Å². The summed E-state index contributed by atoms with van der Waals surface area (Å²) >= 11 is 0. The van der Waals surface area contributed by atoms with Gasteiger partial charge in [0.15, 0.2) is 0 Å². The average molecular weight is 242 g/mol. The van der Waals surface area contributed by atoms with Gasteiger partial charge in [-0.1, -0.05) is 19.4 Å². The normalized spacial score (nSPS) is 10.3. The van der Waals surface area contributed by atoms with Crippen LogP contribution in [0.2, 0.25) is 0 Å². The largest absolute Gasteiger partial charge is 0.485 e. The number of nitrogens with zero attached hydrogens (tertiary/aromatic N) is 2. The van der Waals surface area contributed by atoms with Crippen LogP contribution < -0.4 is 4.74 Å². The minimum absolute atomic E-state index is 0.492. The molecule has 0 saturated heterocycles. The van der Waals surface area contributed by atoms with E-state index in [1.54, 1.807) is 6.20 Å². The maximum absolute atomic E-state index is 5.80. The molecule has 0 aromatic carbocycles. The third kappa shape index (κ3) is 3.55. The van der Waals surface area contributed by atoms with E-state index in [1.807, 2.05) is 36.5 Å². The zero-order valence-electron chi connectivity index (χ0n) is 10.7. The van der Waals surface area contributed by atoms with Gasteiger partial charge in [0.05, 0.1) is 11.4 Å². The summed E-state index contributed by atoms with van der Waals surface area (Å²) in [6, 6.07) is 9.71. The summed E-state index contributed by atoms with van der Waals surface area (Å²) in [5, 5.41) is 0. The van der Waals surface area contributed by atoms with Gasteiger partial charge in [-0.2, -0.15) is 0 Å². The van der Waals surface area contributed by atoms with E-state index in [2.05, 4.69) is 16.9 Å². The van der Waals surface area contributed by atoms with Gasteiger partial charge >= 0.3 is 0 Å². The second-order valence-corrected chi connectivity index (χ2v) is 4.16. The number of aryl methyl sites for hydroxylation is 1. The lowest BCUT2D eigenvalue weighted by atomic mass is 10.2. The van der Waals surface area contributed by atoms with Crippen molar-refractivity contribution in [2.24, 2.45) is 0 Å². The van der Waals surface area contributed by atoms with Crippen molar-refractivity contribution >= 4 is 0 Å². The Balaban J connectivity index is 2.00. The molecular weight excluding hydrogens is 224 g/mol. The lowest BCUT2D eigenvalue weighted by molar-refractivity contribution is 0.296. The minimum Gasteiger partial charge on any atom is -0.485 e. The van der Waals surface area contributed by atoms with Gasteiger partial charge in [-0.25, -0.2) is 0 Å². The predicted molar refractivity (Wildman–Crippen MR) is 71.4 cm³/mol. The lowest BCUT2D eigenvalue weighted by Crippen LogP contribution is -2.01. The highest BCUT2D eigenvalue weighted by Gasteiger charge is 2.04. The molecule has 0 saturated carbocycles. The van der Waals surface area contributed by atoms with Gasteiger partial charge in [0.1, 0.15) is 12.4 Å². The SMILES string of the molecule is CCCCc1ncccc1OCc1ccccn1. The molecule has 0 fully saturated rings. The van der Waals surface area contributed by atoms with Crippen LogP contribution in [0.1, 0.15) is 31.2 Å². The molecule has 0 unspecified atom stereocenters. The van der Waals surface area contributed by atoms with Gasteiger partial charge in [-0.15, -0.1) is 0 Å². The van der Waals surface area contributed by atoms with Gasteiger partial charge in [0.2, 0.25) is 0 Å². The van der Waals surface area contributed by atoms with Crippen LogP contribution in [0.25, 0.3) is 0 Å². The smallest absolute Gasteiger partial charge is 0.141 e. The maximum Gasteiger partial charge on any atom is 0.141 e. The summed E-state index contributed by atoms with van der Waals surface area (Å²) in [5.74, 6) is 0.872. The van der Waals surface area contributed by atoms with Crippen molar-refractivity contribution in [3.8, 4) is 5.75 Å². The summed E-state index contributed by atoms with van der Waals surface area (Å²) in [6.07, 6.45) is 6.86. The molecule has 0 bridgehead atoms. The fourth-order valence-electron chi connectivity index (χ4n) is 1.72. The van der Waals surface area contributed by atoms with Crippen molar-refractivity contribution < 1.29 is 4.74 Å². The van der Waals surface area contributed by atoms with Crippen LogP contribution in [0.15, 0.2) is 42.7 Å². The van der Waals surface area contributed by atoms with Gasteiger partial charge in [0.25, 0.3) is 0 Å². The molecule has 0 spiro atoms. The van der Waals surface area contributed by atoms with Crippen LogP contribution in [0, 0.1) is 0 Å². The maximum atomic E-state index is 5.80. The van der Waals surface area contributed by atoms with Crippen LogP contribution in [0.5, 0.6) is 5.75 Å². The van der Waals surface area contributed by atoms with Crippen molar-refractivity contribution in [1.82, 2.24) is 9.97 Å². The van der Waals surface area contributed by atoms with Crippen LogP contribution in [-0.2, 0) is 13.0 Å². The van der Waals surface area contributed by atoms with E-state index in [-0.39, 0.29) is 0 Å². The summed E-state index contributed by atoms with van der Waals surface area (Å²) in [7, 11) is 0. The summed E-state index contributed by atoms with van der Waals surface area (Å²) in [6.45, 7) is 2.67. The van der Waals surface area contributed by atoms with Gasteiger partial charge < -0.3 is 4.74 Å². The molecule has 3 nitrogen and oxygen atoms in total. The molecule has 0 radical (unpaired) electrons. The van der Waals surface area contributed by atoms with Crippen LogP contribution in [0.4, 0.5) is 0 Å². The van der Waals surface area contributed by atoms with Gasteiger partial charge in [-0.3, -0.25) is 9.97 Å². The molecule has 0 aliphatic heterocycles. The Kier molecular flexibility index (Phi) is 4.70. The first-order valence-corrected chi connectivity index (χ1v) is 6.36. The number of ether oxygens (including phenoxy) is 1. The number of hydrogen-bond acceptors (Lipinski definition) is 3. The molecule has 2 heterocycles. The Morgan fingerprint density at radius 1 is 1.06 bits per heavy atom. The first-order chi connectivity index (χ1) is 8.90. The third-order valence-electron chi connectivity index (χ3n) is 2.72. The summed E-state index contributed by atoms with van der Waals surface area (Å²) < 4.78 is 5.80. The number of rotatable bonds is 6. The monoisotopic (exact) mass is 242 g/mol. The molecule has 0 aliphatic rings. The van der Waals surface area contributed by atoms with E-state index < -0.39 is 0 Å². The fraction of sp³-hybridized carbons (Fsp3) is 0.333. The lowest BCUT2D eigenvalue weighted by Gasteiger charge is -2.09. The van der Waals surface area contributed by atoms with Crippen LogP contribution in [0.3, 0.4) is 0 Å². The molecule has 0 N–H and O–H groups in total. The number of hydrogen-bond donors (Lipinski definition) is 0. The van der Waals surface area contributed by atoms with Crippen LogP contribution >= 0.6 is 0 Å². The number of aromatic nitrogens is 2. The number of pyridine rings is 2. The molecule has 0 aliphatic carbocycles. The van der Waals surface area contributed by atoms with Crippen molar-refractivity contribution in [2.75, 3.05) is 0 Å². The van der Waals surface area contributed by atoms with E-state index in [0.717, 1.165) is 36.4 Å². The third-order valence-corrected chi connectivity index (χ3v) is 2.72. The van der Waals surface area contributed by atoms with Crippen molar-refractivity contribution in [3.63, 3.8) is 0 Å². The standard InChI is InChI=1S/C15H18N2O/c1-2-3-8-14-15(9-6-11-17-14)18-12-13-7-4-5-10-16-13/h4-7,9-11H,2-3,8,12H2,1H3. The Morgan fingerprint density at radius 2 is 1.94 bits per heavy atom. The fourth-order valence-corrected chi connectivity index (χ4v) is 1.72. The number of unbranched alkanes of at least 4 members (excludes halogenated alkanes) is 1. The highest BCUT2D eigenvalue weighted by molar-refractivity contribution is 5.27. The molecule has 0 amide bonds. The molecule has 2 rings (SSSR count). The Labute approximate surface area is 108 Å². The topological polar surface area (TPSA) is 35.0 Å². The first kappa shape index (κ1) is 12.6. The predicted octanol–water partition coefficient (Wildman–Crippen LogP) is 3.40. The zero-order chi connectivity index (χ0) is 12.6. The summed E-state index contributed by atoms with van der Waals surface area (Å²) in [5.41, 5.74) is 1.97. The molecular formula is C15H18N2O. The van der Waals surface area contributed by atoms with Crippen molar-refractivity contribution in [1.29, 1.82) is 0 Å². The molecule has 0 atom stereocenters. The second kappa shape index (κ2) is 6.74. The van der Waals surface area contributed by atoms with Gasteiger partial charge in [0, 0.05) is 12.4 Å². The average Bonchev–Trinajstić information content (AvgIpc) is 2.45. The highest BCUT2D eigenvalue weighted by atomic mass is 16.5.